The number of carbonyl (C=O) groups excluding carboxylic acids is 4. The average molecular weight is 1230 g/mol. The minimum Gasteiger partial charge on any atom is -0.468 e. The van der Waals surface area contributed by atoms with Crippen molar-refractivity contribution >= 4 is 36.5 Å². The summed E-state index contributed by atoms with van der Waals surface area (Å²) in [5.74, 6) is 3.47. The summed E-state index contributed by atoms with van der Waals surface area (Å²) in [5.41, 5.74) is 3.42. The summed E-state index contributed by atoms with van der Waals surface area (Å²) in [7, 11) is 0. The SMILES string of the molecule is [C-]#[N+]c1c(Oc2ccc(C=O)cc2)cccc1Oc1cc2c(cc1Oc1cccc(Oc3ccc(C=O)cc3)c1[N+]#[C-])C1(CC(C)(C)c3cc(Oc4cccc(Oc5ccc(C=O)cc5)c4C#N)c(Oc4cccc(Oc5ccc(C=O)cc5)c4C#N)cc31)CC2(C)C. The molecule has 1 spiro atoms. The first-order chi connectivity index (χ1) is 45.1. The van der Waals surface area contributed by atoms with Gasteiger partial charge in [0.2, 0.25) is 0 Å². The van der Waals surface area contributed by atoms with E-state index in [0.717, 1.165) is 47.4 Å². The number of aldehydes is 4. The molecule has 10 aromatic rings. The molecule has 1 atom stereocenters. The smallest absolute Gasteiger partial charge is 0.270 e. The molecular formula is C77H52N4O12. The molecule has 16 nitrogen and oxygen atoms in total. The molecule has 0 amide bonds. The lowest BCUT2D eigenvalue weighted by Crippen LogP contribution is -2.27. The zero-order valence-electron chi connectivity index (χ0n) is 50.4. The molecule has 452 valence electrons. The van der Waals surface area contributed by atoms with Gasteiger partial charge in [-0.25, -0.2) is 9.69 Å². The fourth-order valence-corrected chi connectivity index (χ4v) is 12.2. The molecule has 10 aromatic carbocycles. The monoisotopic (exact) mass is 1220 g/mol. The van der Waals surface area contributed by atoms with Crippen LogP contribution in [-0.4, -0.2) is 25.1 Å². The Hall–Kier alpha value is -12.8. The Morgan fingerprint density at radius 2 is 0.581 bits per heavy atom. The van der Waals surface area contributed by atoms with E-state index < -0.39 is 16.2 Å². The van der Waals surface area contributed by atoms with Crippen molar-refractivity contribution < 1.29 is 57.1 Å². The predicted molar refractivity (Wildman–Crippen MR) is 345 cm³/mol. The van der Waals surface area contributed by atoms with Gasteiger partial charge in [0, 0.05) is 27.7 Å². The summed E-state index contributed by atoms with van der Waals surface area (Å²) in [6, 6.07) is 57.9. The maximum Gasteiger partial charge on any atom is 0.270 e. The van der Waals surface area contributed by atoms with Crippen LogP contribution < -0.4 is 37.9 Å². The molecule has 2 aliphatic carbocycles. The van der Waals surface area contributed by atoms with Gasteiger partial charge in [0.15, 0.2) is 23.0 Å². The standard InChI is InChI=1S/C77H52N4O12/c1-75(2)45-77(59-37-71(91-64-14-8-12-62(56(64)40-79)87-52-29-21-48(42-83)22-30-52)69(35-57(59)75)90-63-13-7-11-61(55(63)39-78)86-51-27-19-47(41-82)20-28-51)46-76(3,4)58-36-70(92-67-17-9-15-65(73(67)80-5)88-53-31-23-49(43-84)24-32-53)72(38-60(58)77)93-68-18-10-16-66(74(68)81-6)89-54-33-25-50(44-85)26-34-54/h7-38,41-44H,45-46H2,1-4H3. The van der Waals surface area contributed by atoms with E-state index in [4.69, 9.17) is 51.0 Å². The predicted octanol–water partition coefficient (Wildman–Crippen LogP) is 19.8. The highest BCUT2D eigenvalue weighted by Crippen LogP contribution is 2.66. The van der Waals surface area contributed by atoms with Gasteiger partial charge in [0.05, 0.1) is 13.1 Å². The molecule has 0 N–H and O–H groups in total. The first kappa shape index (κ1) is 60.5. The van der Waals surface area contributed by atoms with Crippen LogP contribution >= 0.6 is 0 Å². The van der Waals surface area contributed by atoms with E-state index in [2.05, 4.69) is 49.5 Å². The van der Waals surface area contributed by atoms with E-state index in [9.17, 15) is 29.7 Å². The summed E-state index contributed by atoms with van der Waals surface area (Å²) in [5, 5.41) is 21.7. The normalized spacial score (nSPS) is 14.3. The molecule has 0 saturated heterocycles. The van der Waals surface area contributed by atoms with Crippen LogP contribution in [-0.2, 0) is 16.2 Å². The third-order valence-electron chi connectivity index (χ3n) is 16.3. The van der Waals surface area contributed by atoms with Crippen LogP contribution in [0.25, 0.3) is 9.69 Å². The number of ether oxygens (including phenoxy) is 8. The van der Waals surface area contributed by atoms with Crippen LogP contribution in [0.15, 0.2) is 194 Å². The van der Waals surface area contributed by atoms with Crippen molar-refractivity contribution in [2.45, 2.75) is 56.8 Å². The molecule has 16 heteroatoms. The molecule has 0 bridgehead atoms. The molecule has 0 fully saturated rings. The lowest BCUT2D eigenvalue weighted by Gasteiger charge is -2.31. The number of rotatable bonds is 20. The number of para-hydroxylation sites is 2. The number of hydrogen-bond acceptors (Lipinski definition) is 14. The van der Waals surface area contributed by atoms with E-state index in [-0.39, 0.29) is 91.5 Å². The minimum atomic E-state index is -0.831. The van der Waals surface area contributed by atoms with Crippen LogP contribution in [0, 0.1) is 35.8 Å². The highest BCUT2D eigenvalue weighted by atomic mass is 16.5. The lowest BCUT2D eigenvalue weighted by molar-refractivity contribution is 0.111. The van der Waals surface area contributed by atoms with Gasteiger partial charge in [0.25, 0.3) is 11.4 Å². The van der Waals surface area contributed by atoms with Crippen LogP contribution in [0.2, 0.25) is 0 Å². The Morgan fingerprint density at radius 1 is 0.344 bits per heavy atom. The fourth-order valence-electron chi connectivity index (χ4n) is 12.2. The largest absolute Gasteiger partial charge is 0.468 e. The van der Waals surface area contributed by atoms with Gasteiger partial charge < -0.3 is 37.9 Å². The highest BCUT2D eigenvalue weighted by molar-refractivity contribution is 5.78. The fraction of sp³-hybridized carbons (Fsp3) is 0.117. The van der Waals surface area contributed by atoms with Gasteiger partial charge in [-0.2, -0.15) is 10.5 Å². The van der Waals surface area contributed by atoms with Crippen LogP contribution in [0.3, 0.4) is 0 Å². The molecule has 0 aliphatic heterocycles. The number of carbonyl (C=O) groups is 4. The van der Waals surface area contributed by atoms with E-state index in [1.54, 1.807) is 170 Å². The van der Waals surface area contributed by atoms with Crippen molar-refractivity contribution in [3.63, 3.8) is 0 Å². The molecule has 0 saturated carbocycles. The van der Waals surface area contributed by atoms with Crippen LogP contribution in [0.1, 0.15) is 115 Å². The zero-order chi connectivity index (χ0) is 65.0. The van der Waals surface area contributed by atoms with Crippen molar-refractivity contribution in [3.8, 4) is 104 Å². The molecule has 93 heavy (non-hydrogen) atoms. The second-order valence-corrected chi connectivity index (χ2v) is 23.4. The molecule has 12 rings (SSSR count). The first-order valence-electron chi connectivity index (χ1n) is 29.2. The molecule has 2 aliphatic rings. The van der Waals surface area contributed by atoms with Gasteiger partial charge in [-0.1, -0.05) is 52.0 Å². The van der Waals surface area contributed by atoms with Crippen molar-refractivity contribution in [1.82, 2.24) is 0 Å². The van der Waals surface area contributed by atoms with E-state index in [1.807, 2.05) is 24.3 Å². The summed E-state index contributed by atoms with van der Waals surface area (Å²) < 4.78 is 52.7. The van der Waals surface area contributed by atoms with Crippen molar-refractivity contribution in [2.75, 3.05) is 0 Å². The minimum absolute atomic E-state index is 0.0323. The van der Waals surface area contributed by atoms with Gasteiger partial charge >= 0.3 is 0 Å². The number of nitriles is 2. The molecule has 0 aromatic heterocycles. The van der Waals surface area contributed by atoms with Gasteiger partial charge in [0.1, 0.15) is 117 Å². The second-order valence-electron chi connectivity index (χ2n) is 23.4. The number of fused-ring (bicyclic) bond motifs is 4. The Morgan fingerprint density at radius 3 is 0.849 bits per heavy atom. The average Bonchev–Trinajstić information content (AvgIpc) is 1.52. The van der Waals surface area contributed by atoms with Gasteiger partial charge in [-0.15, -0.1) is 0 Å². The van der Waals surface area contributed by atoms with Crippen LogP contribution in [0.5, 0.6) is 92.0 Å². The van der Waals surface area contributed by atoms with Crippen molar-refractivity contribution in [2.24, 2.45) is 0 Å². The lowest BCUT2D eigenvalue weighted by atomic mass is 9.72. The highest BCUT2D eigenvalue weighted by Gasteiger charge is 2.57. The van der Waals surface area contributed by atoms with Crippen molar-refractivity contribution in [3.05, 3.63) is 273 Å². The zero-order valence-corrected chi connectivity index (χ0v) is 50.4. The Labute approximate surface area is 535 Å². The molecule has 1 unspecified atom stereocenters. The molecule has 0 heterocycles. The topological polar surface area (TPSA) is 198 Å². The first-order valence-corrected chi connectivity index (χ1v) is 29.2. The number of nitrogens with zero attached hydrogens (tertiary/aromatic N) is 4. The third-order valence-corrected chi connectivity index (χ3v) is 16.3. The third kappa shape index (κ3) is 11.9. The van der Waals surface area contributed by atoms with Gasteiger partial charge in [-0.3, -0.25) is 19.2 Å². The number of benzene rings is 10. The van der Waals surface area contributed by atoms with E-state index >= 15 is 0 Å². The summed E-state index contributed by atoms with van der Waals surface area (Å²) in [4.78, 5) is 53.8. The quantitative estimate of drug-likeness (QED) is 0.0516. The van der Waals surface area contributed by atoms with Gasteiger partial charge in [-0.05, 0) is 216 Å². The van der Waals surface area contributed by atoms with E-state index in [1.165, 1.54) is 0 Å². The van der Waals surface area contributed by atoms with Crippen LogP contribution in [0.4, 0.5) is 11.4 Å². The summed E-state index contributed by atoms with van der Waals surface area (Å²) in [6.07, 6.45) is 3.96. The van der Waals surface area contributed by atoms with E-state index in [0.29, 0.717) is 58.1 Å². The Bertz CT molecular complexity index is 4510. The maximum atomic E-state index is 11.5. The molecule has 0 radical (unpaired) electrons. The van der Waals surface area contributed by atoms with Crippen molar-refractivity contribution in [1.29, 1.82) is 10.5 Å². The maximum absolute atomic E-state index is 11.5. The summed E-state index contributed by atoms with van der Waals surface area (Å²) in [6.45, 7) is 25.5. The number of hydrogen-bond donors (Lipinski definition) is 0. The molecular weight excluding hydrogens is 1170 g/mol. The summed E-state index contributed by atoms with van der Waals surface area (Å²) >= 11 is 0. The Kier molecular flexibility index (Phi) is 16.3. The second kappa shape index (κ2) is 25.0. The Balaban J connectivity index is 1.02.